The van der Waals surface area contributed by atoms with E-state index in [-0.39, 0.29) is 37.1 Å². The Kier molecular flexibility index (Phi) is 15.4. The molecule has 0 fully saturated rings. The van der Waals surface area contributed by atoms with Crippen LogP contribution in [0.15, 0.2) is 72.8 Å². The number of hydrogen-bond donors (Lipinski definition) is 4. The van der Waals surface area contributed by atoms with Gasteiger partial charge in [0.15, 0.2) is 12.4 Å². The lowest BCUT2D eigenvalue weighted by atomic mass is 9.99. The number of benzene rings is 3. The number of rotatable bonds is 17. The highest BCUT2D eigenvalue weighted by Crippen LogP contribution is 2.18. The fraction of sp³-hybridized carbons (Fsp3) is 0.385. The summed E-state index contributed by atoms with van der Waals surface area (Å²) in [5, 5.41) is 8.02. The molecular weight excluding hydrogens is 668 g/mol. The Morgan fingerprint density at radius 1 is 0.750 bits per heavy atom. The predicted octanol–water partition coefficient (Wildman–Crippen LogP) is 4.85. The van der Waals surface area contributed by atoms with E-state index in [0.29, 0.717) is 24.0 Å². The molecule has 0 bridgehead atoms. The number of ketones is 1. The zero-order valence-electron chi connectivity index (χ0n) is 30.3. The van der Waals surface area contributed by atoms with Crippen LogP contribution in [0.2, 0.25) is 0 Å². The van der Waals surface area contributed by atoms with Crippen LogP contribution in [0.5, 0.6) is 0 Å². The summed E-state index contributed by atoms with van der Waals surface area (Å²) in [6.07, 6.45) is -0.325. The maximum atomic E-state index is 13.8. The number of esters is 1. The summed E-state index contributed by atoms with van der Waals surface area (Å²) in [5.74, 6) is -2.66. The van der Waals surface area contributed by atoms with Gasteiger partial charge in [-0.15, -0.1) is 0 Å². The van der Waals surface area contributed by atoms with Crippen molar-refractivity contribution in [1.82, 2.24) is 16.0 Å². The fourth-order valence-corrected chi connectivity index (χ4v) is 5.27. The third-order valence-corrected chi connectivity index (χ3v) is 7.76. The first kappa shape index (κ1) is 40.7. The molecule has 3 rings (SSSR count). The second-order valence-electron chi connectivity index (χ2n) is 13.3. The number of Topliss-reactive ketones (excluding diaryl/α,β-unsaturated/α-hetero) is 1. The van der Waals surface area contributed by atoms with Gasteiger partial charge in [-0.3, -0.25) is 14.4 Å². The van der Waals surface area contributed by atoms with Crippen molar-refractivity contribution < 1.29 is 43.0 Å². The lowest BCUT2D eigenvalue weighted by Gasteiger charge is -2.23. The van der Waals surface area contributed by atoms with Crippen LogP contribution in [0.3, 0.4) is 0 Å². The molecule has 13 nitrogen and oxygen atoms in total. The molecule has 3 aromatic carbocycles. The zero-order valence-corrected chi connectivity index (χ0v) is 30.3. The van der Waals surface area contributed by atoms with Crippen molar-refractivity contribution in [2.24, 2.45) is 5.73 Å². The standard InChI is InChI=1S/C39H48N4O9/c1-25-20-29(34(40)45)21-26(2)33(25)36(47)50-24-32(44)30(18-12-13-19-41-37(48)52-39(3,4)5)42-35(46)31(22-27-14-8-6-9-15-27)43-38(49)51-23-28-16-10-7-11-17-28/h6-11,14-17,20-21,30-31H,12-13,18-19,22-24H2,1-5H3,(H2,40,45)(H,41,48)(H,42,46)(H,43,49)/t30-,31-/m0/s1. The quantitative estimate of drug-likeness (QED) is 0.0859. The molecule has 0 radical (unpaired) electrons. The van der Waals surface area contributed by atoms with Crippen LogP contribution in [0.25, 0.3) is 0 Å². The van der Waals surface area contributed by atoms with Crippen molar-refractivity contribution >= 4 is 35.8 Å². The molecule has 0 heterocycles. The van der Waals surface area contributed by atoms with Crippen LogP contribution >= 0.6 is 0 Å². The zero-order chi connectivity index (χ0) is 38.3. The van der Waals surface area contributed by atoms with Gasteiger partial charge in [-0.2, -0.15) is 0 Å². The summed E-state index contributed by atoms with van der Waals surface area (Å²) in [6, 6.07) is 18.8. The van der Waals surface area contributed by atoms with E-state index in [2.05, 4.69) is 16.0 Å². The molecule has 13 heteroatoms. The molecule has 4 amide bonds. The van der Waals surface area contributed by atoms with Gasteiger partial charge in [0.2, 0.25) is 11.8 Å². The minimum Gasteiger partial charge on any atom is -0.454 e. The third-order valence-electron chi connectivity index (χ3n) is 7.76. The number of amides is 4. The van der Waals surface area contributed by atoms with Crippen molar-refractivity contribution in [3.8, 4) is 0 Å². The lowest BCUT2D eigenvalue weighted by Crippen LogP contribution is -2.53. The minimum atomic E-state index is -1.12. The average Bonchev–Trinajstić information content (AvgIpc) is 3.08. The smallest absolute Gasteiger partial charge is 0.408 e. The highest BCUT2D eigenvalue weighted by Gasteiger charge is 2.29. The van der Waals surface area contributed by atoms with Gasteiger partial charge in [-0.05, 0) is 88.3 Å². The summed E-state index contributed by atoms with van der Waals surface area (Å²) in [7, 11) is 0. The molecule has 0 aromatic heterocycles. The van der Waals surface area contributed by atoms with Crippen LogP contribution in [-0.2, 0) is 36.8 Å². The number of nitrogens with one attached hydrogen (secondary N) is 3. The second kappa shape index (κ2) is 19.6. The Hall–Kier alpha value is -5.72. The highest BCUT2D eigenvalue weighted by atomic mass is 16.6. The molecule has 0 saturated carbocycles. The molecule has 0 spiro atoms. The fourth-order valence-electron chi connectivity index (χ4n) is 5.27. The summed E-state index contributed by atoms with van der Waals surface area (Å²) in [5.41, 5.74) is 7.55. The Morgan fingerprint density at radius 3 is 1.92 bits per heavy atom. The number of carbonyl (C=O) groups excluding carboxylic acids is 6. The molecule has 0 aliphatic carbocycles. The normalized spacial score (nSPS) is 12.1. The van der Waals surface area contributed by atoms with Crippen LogP contribution < -0.4 is 21.7 Å². The Labute approximate surface area is 304 Å². The molecule has 52 heavy (non-hydrogen) atoms. The number of hydrogen-bond acceptors (Lipinski definition) is 9. The van der Waals surface area contributed by atoms with Gasteiger partial charge in [0.25, 0.3) is 0 Å². The van der Waals surface area contributed by atoms with Crippen LogP contribution in [0, 0.1) is 13.8 Å². The molecule has 0 aliphatic heterocycles. The first-order valence-corrected chi connectivity index (χ1v) is 17.0. The first-order chi connectivity index (χ1) is 24.6. The number of primary amides is 1. The van der Waals surface area contributed by atoms with Crippen molar-refractivity contribution in [1.29, 1.82) is 0 Å². The number of unbranched alkanes of at least 4 members (excludes halogenated alkanes) is 1. The van der Waals surface area contributed by atoms with E-state index < -0.39 is 60.0 Å². The number of ether oxygens (including phenoxy) is 3. The van der Waals surface area contributed by atoms with E-state index in [4.69, 9.17) is 19.9 Å². The SMILES string of the molecule is Cc1cc(C(N)=O)cc(C)c1C(=O)OCC(=O)[C@H](CCCCNC(=O)OC(C)(C)C)NC(=O)[C@H](Cc1ccccc1)NC(=O)OCc1ccccc1. The Bertz CT molecular complexity index is 1680. The maximum absolute atomic E-state index is 13.8. The van der Waals surface area contributed by atoms with Gasteiger partial charge in [0, 0.05) is 18.5 Å². The van der Waals surface area contributed by atoms with E-state index in [0.717, 1.165) is 11.1 Å². The molecule has 0 aliphatic rings. The Balaban J connectivity index is 1.74. The average molecular weight is 717 g/mol. The molecule has 0 unspecified atom stereocenters. The van der Waals surface area contributed by atoms with Crippen molar-refractivity contribution in [3.63, 3.8) is 0 Å². The van der Waals surface area contributed by atoms with Crippen LogP contribution in [0.4, 0.5) is 9.59 Å². The van der Waals surface area contributed by atoms with Crippen molar-refractivity contribution in [2.75, 3.05) is 13.2 Å². The highest BCUT2D eigenvalue weighted by molar-refractivity contribution is 5.99. The summed E-state index contributed by atoms with van der Waals surface area (Å²) in [4.78, 5) is 77.0. The molecule has 3 aromatic rings. The topological polar surface area (TPSA) is 192 Å². The predicted molar refractivity (Wildman–Crippen MR) is 193 cm³/mol. The van der Waals surface area contributed by atoms with Gasteiger partial charge >= 0.3 is 18.2 Å². The van der Waals surface area contributed by atoms with Gasteiger partial charge in [-0.25, -0.2) is 14.4 Å². The number of alkyl carbamates (subject to hydrolysis) is 2. The van der Waals surface area contributed by atoms with E-state index in [1.54, 1.807) is 71.0 Å². The van der Waals surface area contributed by atoms with Gasteiger partial charge < -0.3 is 35.9 Å². The maximum Gasteiger partial charge on any atom is 0.408 e. The van der Waals surface area contributed by atoms with Gasteiger partial charge in [-0.1, -0.05) is 60.7 Å². The second-order valence-corrected chi connectivity index (χ2v) is 13.3. The summed E-state index contributed by atoms with van der Waals surface area (Å²) < 4.78 is 16.0. The van der Waals surface area contributed by atoms with E-state index in [1.165, 1.54) is 12.1 Å². The first-order valence-electron chi connectivity index (χ1n) is 17.0. The third kappa shape index (κ3) is 13.9. The molecule has 0 saturated heterocycles. The van der Waals surface area contributed by atoms with Crippen LogP contribution in [-0.4, -0.2) is 66.6 Å². The number of carbonyl (C=O) groups is 6. The van der Waals surface area contributed by atoms with Crippen molar-refractivity contribution in [2.45, 2.75) is 84.6 Å². The monoisotopic (exact) mass is 716 g/mol. The largest absolute Gasteiger partial charge is 0.454 e. The molecule has 278 valence electrons. The Morgan fingerprint density at radius 2 is 1.35 bits per heavy atom. The van der Waals surface area contributed by atoms with Gasteiger partial charge in [0.05, 0.1) is 11.6 Å². The number of aryl methyl sites for hydroxylation is 2. The van der Waals surface area contributed by atoms with E-state index in [1.807, 2.05) is 24.3 Å². The molecule has 5 N–H and O–H groups in total. The van der Waals surface area contributed by atoms with Crippen LogP contribution in [0.1, 0.15) is 83.0 Å². The van der Waals surface area contributed by atoms with E-state index in [9.17, 15) is 28.8 Å². The van der Waals surface area contributed by atoms with E-state index >= 15 is 0 Å². The number of nitrogens with two attached hydrogens (primary N) is 1. The molecular formula is C39H48N4O9. The lowest BCUT2D eigenvalue weighted by molar-refractivity contribution is -0.130. The summed E-state index contributed by atoms with van der Waals surface area (Å²) in [6.45, 7) is 8.07. The van der Waals surface area contributed by atoms with Gasteiger partial charge in [0.1, 0.15) is 18.2 Å². The van der Waals surface area contributed by atoms with Crippen molar-refractivity contribution in [3.05, 3.63) is 106 Å². The molecule has 2 atom stereocenters. The summed E-state index contributed by atoms with van der Waals surface area (Å²) >= 11 is 0. The minimum absolute atomic E-state index is 0.0135.